The molecule has 1 N–H and O–H groups in total. The van der Waals surface area contributed by atoms with E-state index in [1.54, 1.807) is 32.9 Å². The first-order valence-corrected chi connectivity index (χ1v) is 11.8. The van der Waals surface area contributed by atoms with Crippen LogP contribution in [0.2, 0.25) is 0 Å². The van der Waals surface area contributed by atoms with Gasteiger partial charge in [-0.3, -0.25) is 10.1 Å². The van der Waals surface area contributed by atoms with Crippen LogP contribution in [-0.2, 0) is 23.8 Å². The van der Waals surface area contributed by atoms with Crippen molar-refractivity contribution in [3.63, 3.8) is 0 Å². The van der Waals surface area contributed by atoms with Crippen molar-refractivity contribution in [2.75, 3.05) is 20.3 Å². The lowest BCUT2D eigenvalue weighted by Crippen LogP contribution is -2.33. The standard InChI is InChI=1S/C28H30N2O7/c1-18(13-14-21-9-6-5-7-10-21)37-28(32)25-20(3)29-19(2)24(27(31)36-16-15-35-4)26(25)22-11-8-12-23(17-22)30(33)34/h5-14,17-18,26,29H,15-16H2,1-4H3/b14-13+/t18?,26-/m0/s1. The van der Waals surface area contributed by atoms with E-state index in [2.05, 4.69) is 5.32 Å². The molecular formula is C28H30N2O7. The number of esters is 2. The van der Waals surface area contributed by atoms with Crippen LogP contribution < -0.4 is 5.32 Å². The van der Waals surface area contributed by atoms with E-state index in [4.69, 9.17) is 14.2 Å². The lowest BCUT2D eigenvalue weighted by atomic mass is 9.80. The normalized spacial score (nSPS) is 16.4. The largest absolute Gasteiger partial charge is 0.460 e. The topological polar surface area (TPSA) is 117 Å². The molecule has 9 heteroatoms. The Kier molecular flexibility index (Phi) is 9.34. The molecule has 37 heavy (non-hydrogen) atoms. The Morgan fingerprint density at radius 1 is 1.03 bits per heavy atom. The molecule has 2 aromatic rings. The van der Waals surface area contributed by atoms with Gasteiger partial charge in [0.2, 0.25) is 0 Å². The van der Waals surface area contributed by atoms with Gasteiger partial charge in [-0.1, -0.05) is 48.5 Å². The fourth-order valence-corrected chi connectivity index (χ4v) is 4.06. The zero-order chi connectivity index (χ0) is 26.9. The number of nitro groups is 1. The molecule has 0 bridgehead atoms. The second-order valence-corrected chi connectivity index (χ2v) is 8.50. The van der Waals surface area contributed by atoms with Crippen molar-refractivity contribution in [2.24, 2.45) is 0 Å². The van der Waals surface area contributed by atoms with Gasteiger partial charge >= 0.3 is 11.9 Å². The van der Waals surface area contributed by atoms with Crippen LogP contribution in [0.25, 0.3) is 6.08 Å². The number of dihydropyridines is 1. The van der Waals surface area contributed by atoms with E-state index in [0.717, 1.165) is 5.56 Å². The Labute approximate surface area is 215 Å². The highest BCUT2D eigenvalue weighted by Crippen LogP contribution is 2.40. The maximum Gasteiger partial charge on any atom is 0.337 e. The zero-order valence-electron chi connectivity index (χ0n) is 21.2. The monoisotopic (exact) mass is 506 g/mol. The number of carbonyl (C=O) groups excluding carboxylic acids is 2. The summed E-state index contributed by atoms with van der Waals surface area (Å²) in [5.41, 5.74) is 2.48. The number of benzene rings is 2. The van der Waals surface area contributed by atoms with E-state index in [9.17, 15) is 19.7 Å². The van der Waals surface area contributed by atoms with Crippen molar-refractivity contribution in [1.29, 1.82) is 0 Å². The van der Waals surface area contributed by atoms with Crippen molar-refractivity contribution in [2.45, 2.75) is 32.8 Å². The summed E-state index contributed by atoms with van der Waals surface area (Å²) in [4.78, 5) is 37.6. The van der Waals surface area contributed by atoms with Gasteiger partial charge in [0.25, 0.3) is 5.69 Å². The van der Waals surface area contributed by atoms with Crippen molar-refractivity contribution in [3.05, 3.63) is 104 Å². The minimum Gasteiger partial charge on any atom is -0.460 e. The maximum absolute atomic E-state index is 13.5. The molecule has 0 saturated carbocycles. The number of methoxy groups -OCH3 is 1. The molecule has 0 radical (unpaired) electrons. The molecule has 0 spiro atoms. The number of allylic oxidation sites excluding steroid dienone is 2. The predicted molar refractivity (Wildman–Crippen MR) is 138 cm³/mol. The highest BCUT2D eigenvalue weighted by molar-refractivity contribution is 6.00. The van der Waals surface area contributed by atoms with Crippen molar-refractivity contribution >= 4 is 23.7 Å². The first kappa shape index (κ1) is 27.3. The minimum atomic E-state index is -0.936. The summed E-state index contributed by atoms with van der Waals surface area (Å²) in [7, 11) is 1.49. The molecule has 1 aliphatic rings. The molecule has 0 saturated heterocycles. The highest BCUT2D eigenvalue weighted by atomic mass is 16.6. The van der Waals surface area contributed by atoms with Crippen LogP contribution in [0.1, 0.15) is 37.8 Å². The Hall–Kier alpha value is -4.24. The number of nitrogens with zero attached hydrogens (tertiary/aromatic N) is 1. The molecule has 0 aliphatic carbocycles. The first-order chi connectivity index (χ1) is 17.7. The van der Waals surface area contributed by atoms with Crippen LogP contribution >= 0.6 is 0 Å². The van der Waals surface area contributed by atoms with Crippen LogP contribution in [0, 0.1) is 10.1 Å². The van der Waals surface area contributed by atoms with E-state index < -0.39 is 28.9 Å². The maximum atomic E-state index is 13.5. The zero-order valence-corrected chi connectivity index (χ0v) is 21.2. The van der Waals surface area contributed by atoms with Gasteiger partial charge in [0.15, 0.2) is 0 Å². The smallest absolute Gasteiger partial charge is 0.337 e. The van der Waals surface area contributed by atoms with Crippen molar-refractivity contribution < 1.29 is 28.7 Å². The predicted octanol–water partition coefficient (Wildman–Crippen LogP) is 4.66. The number of hydrogen-bond donors (Lipinski definition) is 1. The Morgan fingerprint density at radius 2 is 1.70 bits per heavy atom. The van der Waals surface area contributed by atoms with E-state index in [-0.39, 0.29) is 30.0 Å². The number of non-ortho nitro benzene ring substituents is 1. The third kappa shape index (κ3) is 6.92. The quantitative estimate of drug-likeness (QED) is 0.214. The van der Waals surface area contributed by atoms with Crippen LogP contribution in [0.15, 0.2) is 83.2 Å². The molecule has 3 rings (SSSR count). The van der Waals surface area contributed by atoms with Gasteiger partial charge in [-0.2, -0.15) is 0 Å². The lowest BCUT2D eigenvalue weighted by Gasteiger charge is -2.30. The molecule has 2 atom stereocenters. The van der Waals surface area contributed by atoms with Gasteiger partial charge in [-0.15, -0.1) is 0 Å². The second kappa shape index (κ2) is 12.6. The SMILES string of the molecule is COCCOC(=O)C1=C(C)NC(C)=C(C(=O)OC(C)/C=C/c2ccccc2)[C@H]1c1cccc([N+](=O)[O-])c1. The second-order valence-electron chi connectivity index (χ2n) is 8.50. The number of ether oxygens (including phenoxy) is 3. The average Bonchev–Trinajstić information content (AvgIpc) is 2.87. The van der Waals surface area contributed by atoms with Gasteiger partial charge < -0.3 is 19.5 Å². The fraction of sp³-hybridized carbons (Fsp3) is 0.286. The number of rotatable bonds is 10. The molecule has 1 heterocycles. The third-order valence-corrected chi connectivity index (χ3v) is 5.79. The number of nitro benzene ring substituents is 1. The van der Waals surface area contributed by atoms with E-state index in [1.807, 2.05) is 36.4 Å². The van der Waals surface area contributed by atoms with Gasteiger partial charge in [0, 0.05) is 30.6 Å². The average molecular weight is 507 g/mol. The molecule has 9 nitrogen and oxygen atoms in total. The van der Waals surface area contributed by atoms with Crippen LogP contribution in [0.4, 0.5) is 5.69 Å². The fourth-order valence-electron chi connectivity index (χ4n) is 4.06. The van der Waals surface area contributed by atoms with E-state index in [1.165, 1.54) is 25.3 Å². The Morgan fingerprint density at radius 3 is 2.35 bits per heavy atom. The number of carbonyl (C=O) groups is 2. The van der Waals surface area contributed by atoms with Crippen LogP contribution in [0.3, 0.4) is 0 Å². The molecule has 0 aromatic heterocycles. The van der Waals surface area contributed by atoms with E-state index in [0.29, 0.717) is 17.0 Å². The van der Waals surface area contributed by atoms with Gasteiger partial charge in [-0.05, 0) is 38.0 Å². The summed E-state index contributed by atoms with van der Waals surface area (Å²) in [6, 6.07) is 15.4. The summed E-state index contributed by atoms with van der Waals surface area (Å²) in [6.07, 6.45) is 3.02. The van der Waals surface area contributed by atoms with Crippen LogP contribution in [0.5, 0.6) is 0 Å². The first-order valence-electron chi connectivity index (χ1n) is 11.8. The third-order valence-electron chi connectivity index (χ3n) is 5.79. The van der Waals surface area contributed by atoms with E-state index >= 15 is 0 Å². The minimum absolute atomic E-state index is 0.0115. The molecule has 1 unspecified atom stereocenters. The molecule has 194 valence electrons. The number of hydrogen-bond acceptors (Lipinski definition) is 8. The summed E-state index contributed by atoms with van der Waals surface area (Å²) in [5.74, 6) is -2.25. The summed E-state index contributed by atoms with van der Waals surface area (Å²) >= 11 is 0. The van der Waals surface area contributed by atoms with Crippen LogP contribution in [-0.4, -0.2) is 43.3 Å². The van der Waals surface area contributed by atoms with Gasteiger partial charge in [0.05, 0.1) is 28.6 Å². The number of nitrogens with one attached hydrogen (secondary N) is 1. The lowest BCUT2D eigenvalue weighted by molar-refractivity contribution is -0.384. The van der Waals surface area contributed by atoms with Gasteiger partial charge in [0.1, 0.15) is 12.7 Å². The van der Waals surface area contributed by atoms with Crippen molar-refractivity contribution in [3.8, 4) is 0 Å². The summed E-state index contributed by atoms with van der Waals surface area (Å²) in [5, 5.41) is 14.5. The Bertz CT molecular complexity index is 1250. The molecule has 0 amide bonds. The molecule has 1 aliphatic heterocycles. The van der Waals surface area contributed by atoms with Crippen molar-refractivity contribution in [1.82, 2.24) is 5.32 Å². The summed E-state index contributed by atoms with van der Waals surface area (Å²) in [6.45, 7) is 5.32. The highest BCUT2D eigenvalue weighted by Gasteiger charge is 2.38. The van der Waals surface area contributed by atoms with Gasteiger partial charge in [-0.25, -0.2) is 9.59 Å². The molecular weight excluding hydrogens is 476 g/mol. The molecule has 2 aromatic carbocycles. The Balaban J connectivity index is 1.98. The summed E-state index contributed by atoms with van der Waals surface area (Å²) < 4.78 is 16.1. The molecule has 0 fully saturated rings.